The largest absolute Gasteiger partial charge is 0.355 e. The summed E-state index contributed by atoms with van der Waals surface area (Å²) in [6.45, 7) is 12.8. The van der Waals surface area contributed by atoms with E-state index in [1.54, 1.807) is 0 Å². The molecule has 1 aromatic carbocycles. The summed E-state index contributed by atoms with van der Waals surface area (Å²) in [4.78, 5) is 38.3. The van der Waals surface area contributed by atoms with Crippen LogP contribution >= 0.6 is 0 Å². The van der Waals surface area contributed by atoms with Crippen molar-refractivity contribution in [3.05, 3.63) is 35.9 Å². The zero-order chi connectivity index (χ0) is 23.2. The number of urea groups is 1. The SMILES string of the molecule is CC(C)C[C@@H](COC1CC(=O)N1C(=O)NCc1ccccc1)NC(=O)[C@@H](C)C(C)(C)C. The van der Waals surface area contributed by atoms with Crippen LogP contribution in [-0.2, 0) is 20.9 Å². The molecular weight excluding hydrogens is 394 g/mol. The third-order valence-electron chi connectivity index (χ3n) is 5.70. The van der Waals surface area contributed by atoms with Gasteiger partial charge >= 0.3 is 6.03 Å². The number of hydrogen-bond donors (Lipinski definition) is 2. The predicted molar refractivity (Wildman–Crippen MR) is 120 cm³/mol. The fraction of sp³-hybridized carbons (Fsp3) is 0.625. The van der Waals surface area contributed by atoms with Crippen LogP contribution in [0.4, 0.5) is 4.79 Å². The lowest BCUT2D eigenvalue weighted by Gasteiger charge is -2.39. The molecule has 1 fully saturated rings. The van der Waals surface area contributed by atoms with Crippen molar-refractivity contribution in [2.45, 2.75) is 73.2 Å². The van der Waals surface area contributed by atoms with Gasteiger partial charge in [-0.15, -0.1) is 0 Å². The number of ether oxygens (including phenoxy) is 1. The van der Waals surface area contributed by atoms with E-state index in [0.717, 1.165) is 16.9 Å². The van der Waals surface area contributed by atoms with Gasteiger partial charge in [0.2, 0.25) is 11.8 Å². The third kappa shape index (κ3) is 7.35. The van der Waals surface area contributed by atoms with Crippen molar-refractivity contribution in [2.75, 3.05) is 6.61 Å². The van der Waals surface area contributed by atoms with Crippen LogP contribution in [0.25, 0.3) is 0 Å². The Balaban J connectivity index is 1.90. The molecule has 0 spiro atoms. The number of likely N-dealkylation sites (tertiary alicyclic amines) is 1. The van der Waals surface area contributed by atoms with E-state index in [0.29, 0.717) is 12.5 Å². The number of nitrogens with zero attached hydrogens (tertiary/aromatic N) is 1. The first-order valence-corrected chi connectivity index (χ1v) is 11.0. The molecule has 1 aliphatic rings. The Hall–Kier alpha value is -2.41. The Bertz CT molecular complexity index is 758. The predicted octanol–water partition coefficient (Wildman–Crippen LogP) is 3.68. The highest BCUT2D eigenvalue weighted by atomic mass is 16.5. The molecule has 2 N–H and O–H groups in total. The van der Waals surface area contributed by atoms with E-state index in [1.807, 2.05) is 58.0 Å². The normalized spacial score (nSPS) is 18.4. The van der Waals surface area contributed by atoms with Crippen molar-refractivity contribution >= 4 is 17.8 Å². The minimum Gasteiger partial charge on any atom is -0.355 e. The first-order chi connectivity index (χ1) is 14.5. The Kier molecular flexibility index (Phi) is 8.62. The molecule has 7 heteroatoms. The molecule has 0 bridgehead atoms. The van der Waals surface area contributed by atoms with Crippen molar-refractivity contribution in [3.8, 4) is 0 Å². The maximum absolute atomic E-state index is 12.7. The van der Waals surface area contributed by atoms with Gasteiger partial charge in [0.25, 0.3) is 0 Å². The molecule has 1 saturated heterocycles. The lowest BCUT2D eigenvalue weighted by atomic mass is 9.81. The van der Waals surface area contributed by atoms with Crippen LogP contribution in [0, 0.1) is 17.3 Å². The van der Waals surface area contributed by atoms with Crippen molar-refractivity contribution in [2.24, 2.45) is 17.3 Å². The van der Waals surface area contributed by atoms with Gasteiger partial charge in [-0.2, -0.15) is 0 Å². The molecular formula is C24H37N3O4. The summed E-state index contributed by atoms with van der Waals surface area (Å²) in [6, 6.07) is 8.87. The van der Waals surface area contributed by atoms with Crippen molar-refractivity contribution in [3.63, 3.8) is 0 Å². The number of carbonyl (C=O) groups is 3. The fourth-order valence-corrected chi connectivity index (χ4v) is 3.31. The molecule has 4 amide bonds. The highest BCUT2D eigenvalue weighted by Gasteiger charge is 2.42. The summed E-state index contributed by atoms with van der Waals surface area (Å²) < 4.78 is 5.89. The molecule has 172 valence electrons. The summed E-state index contributed by atoms with van der Waals surface area (Å²) in [5.74, 6) is -0.0508. The summed E-state index contributed by atoms with van der Waals surface area (Å²) in [5.41, 5.74) is 0.815. The second-order valence-electron chi connectivity index (χ2n) is 9.82. The summed E-state index contributed by atoms with van der Waals surface area (Å²) in [7, 11) is 0. The maximum atomic E-state index is 12.7. The molecule has 1 unspecified atom stereocenters. The second kappa shape index (κ2) is 10.8. The average Bonchev–Trinajstić information content (AvgIpc) is 2.68. The van der Waals surface area contributed by atoms with E-state index < -0.39 is 12.3 Å². The lowest BCUT2D eigenvalue weighted by molar-refractivity contribution is -0.165. The van der Waals surface area contributed by atoms with E-state index in [1.165, 1.54) is 0 Å². The summed E-state index contributed by atoms with van der Waals surface area (Å²) >= 11 is 0. The number of rotatable bonds is 9. The number of carbonyl (C=O) groups excluding carboxylic acids is 3. The molecule has 3 atom stereocenters. The van der Waals surface area contributed by atoms with Crippen LogP contribution in [0.5, 0.6) is 0 Å². The first-order valence-electron chi connectivity index (χ1n) is 11.0. The topological polar surface area (TPSA) is 87.7 Å². The quantitative estimate of drug-likeness (QED) is 0.584. The smallest absolute Gasteiger partial charge is 0.326 e. The molecule has 1 heterocycles. The van der Waals surface area contributed by atoms with Crippen LogP contribution in [0.2, 0.25) is 0 Å². The van der Waals surface area contributed by atoms with Crippen LogP contribution in [0.1, 0.15) is 59.9 Å². The Morgan fingerprint density at radius 2 is 1.81 bits per heavy atom. The van der Waals surface area contributed by atoms with Gasteiger partial charge in [0.1, 0.15) is 6.23 Å². The second-order valence-corrected chi connectivity index (χ2v) is 9.82. The van der Waals surface area contributed by atoms with E-state index in [2.05, 4.69) is 24.5 Å². The van der Waals surface area contributed by atoms with Crippen LogP contribution < -0.4 is 10.6 Å². The minimum atomic E-state index is -0.602. The highest BCUT2D eigenvalue weighted by Crippen LogP contribution is 2.26. The Labute approximate surface area is 185 Å². The Morgan fingerprint density at radius 1 is 1.16 bits per heavy atom. The zero-order valence-electron chi connectivity index (χ0n) is 19.6. The van der Waals surface area contributed by atoms with E-state index >= 15 is 0 Å². The standard InChI is InChI=1S/C24H37N3O4/c1-16(2)12-19(26-22(29)17(3)24(4,5)6)15-31-21-13-20(28)27(21)23(30)25-14-18-10-8-7-9-11-18/h7-11,16-17,19,21H,12-15H2,1-6H3,(H,25,30)(H,26,29)/t17-,19+,21?/m1/s1. The minimum absolute atomic E-state index is 0.0103. The van der Waals surface area contributed by atoms with Gasteiger partial charge in [-0.3, -0.25) is 9.59 Å². The Morgan fingerprint density at radius 3 is 2.35 bits per heavy atom. The summed E-state index contributed by atoms with van der Waals surface area (Å²) in [5, 5.41) is 5.85. The van der Waals surface area contributed by atoms with Gasteiger partial charge < -0.3 is 15.4 Å². The molecule has 0 saturated carbocycles. The third-order valence-corrected chi connectivity index (χ3v) is 5.70. The van der Waals surface area contributed by atoms with Crippen LogP contribution in [-0.4, -0.2) is 41.6 Å². The van der Waals surface area contributed by atoms with Gasteiger partial charge in [0.15, 0.2) is 0 Å². The fourth-order valence-electron chi connectivity index (χ4n) is 3.31. The lowest BCUT2D eigenvalue weighted by Crippen LogP contribution is -2.60. The zero-order valence-corrected chi connectivity index (χ0v) is 19.6. The number of nitrogens with one attached hydrogen (secondary N) is 2. The number of imide groups is 1. The van der Waals surface area contributed by atoms with Crippen LogP contribution in [0.3, 0.4) is 0 Å². The maximum Gasteiger partial charge on any atom is 0.326 e. The molecule has 31 heavy (non-hydrogen) atoms. The number of amides is 4. The molecule has 1 aliphatic heterocycles. The number of benzene rings is 1. The molecule has 2 rings (SSSR count). The van der Waals surface area contributed by atoms with Gasteiger partial charge in [-0.05, 0) is 23.3 Å². The van der Waals surface area contributed by atoms with Gasteiger partial charge in [-0.1, -0.05) is 71.9 Å². The molecule has 7 nitrogen and oxygen atoms in total. The van der Waals surface area contributed by atoms with Crippen molar-refractivity contribution in [1.29, 1.82) is 0 Å². The average molecular weight is 432 g/mol. The van der Waals surface area contributed by atoms with Crippen molar-refractivity contribution < 1.29 is 19.1 Å². The van der Waals surface area contributed by atoms with Gasteiger partial charge in [-0.25, -0.2) is 9.69 Å². The molecule has 0 aromatic heterocycles. The summed E-state index contributed by atoms with van der Waals surface area (Å²) in [6.07, 6.45) is 0.318. The van der Waals surface area contributed by atoms with Crippen LogP contribution in [0.15, 0.2) is 30.3 Å². The van der Waals surface area contributed by atoms with E-state index in [4.69, 9.17) is 4.74 Å². The van der Waals surface area contributed by atoms with Crippen molar-refractivity contribution in [1.82, 2.24) is 15.5 Å². The highest BCUT2D eigenvalue weighted by molar-refractivity contribution is 5.99. The molecule has 0 aliphatic carbocycles. The van der Waals surface area contributed by atoms with Gasteiger partial charge in [0.05, 0.1) is 19.1 Å². The van der Waals surface area contributed by atoms with Gasteiger partial charge in [0, 0.05) is 12.5 Å². The first kappa shape index (κ1) is 24.9. The number of hydrogen-bond acceptors (Lipinski definition) is 4. The monoisotopic (exact) mass is 431 g/mol. The number of β-lactam (4-membered cyclic amide) rings is 1. The molecule has 1 aromatic rings. The van der Waals surface area contributed by atoms with E-state index in [9.17, 15) is 14.4 Å². The molecule has 0 radical (unpaired) electrons. The van der Waals surface area contributed by atoms with E-state index in [-0.39, 0.29) is 42.2 Å².